The van der Waals surface area contributed by atoms with Crippen molar-refractivity contribution in [3.05, 3.63) is 0 Å². The van der Waals surface area contributed by atoms with Crippen molar-refractivity contribution in [2.45, 2.75) is 78.6 Å². The summed E-state index contributed by atoms with van der Waals surface area (Å²) in [6.45, 7) is 9.26. The SMILES string of the molecule is CC(=O)OC1CC(C2CC(C)C(O)C(OC(C)=O)C2)CC(C)C1C. The molecule has 0 spiro atoms. The predicted octanol–water partition coefficient (Wildman–Crippen LogP) is 2.94. The second-order valence-corrected chi connectivity index (χ2v) is 8.06. The van der Waals surface area contributed by atoms with Crippen molar-refractivity contribution in [2.24, 2.45) is 29.6 Å². The Morgan fingerprint density at radius 1 is 0.792 bits per heavy atom. The fourth-order valence-corrected chi connectivity index (χ4v) is 4.65. The predicted molar refractivity (Wildman–Crippen MR) is 90.1 cm³/mol. The minimum atomic E-state index is -0.589. The van der Waals surface area contributed by atoms with Gasteiger partial charge in [-0.2, -0.15) is 0 Å². The van der Waals surface area contributed by atoms with Gasteiger partial charge in [0.05, 0.1) is 6.10 Å². The van der Waals surface area contributed by atoms with Gasteiger partial charge >= 0.3 is 11.9 Å². The number of aliphatic hydroxyl groups excluding tert-OH is 1. The van der Waals surface area contributed by atoms with Crippen LogP contribution >= 0.6 is 0 Å². The van der Waals surface area contributed by atoms with Gasteiger partial charge in [0.25, 0.3) is 0 Å². The highest BCUT2D eigenvalue weighted by molar-refractivity contribution is 5.66. The largest absolute Gasteiger partial charge is 0.462 e. The van der Waals surface area contributed by atoms with Gasteiger partial charge in [0.2, 0.25) is 0 Å². The summed E-state index contributed by atoms with van der Waals surface area (Å²) in [5.41, 5.74) is 0. The third-order valence-electron chi connectivity index (χ3n) is 6.17. The van der Waals surface area contributed by atoms with E-state index in [1.54, 1.807) is 0 Å². The summed E-state index contributed by atoms with van der Waals surface area (Å²) in [7, 11) is 0. The third-order valence-corrected chi connectivity index (χ3v) is 6.17. The Bertz CT molecular complexity index is 421. The van der Waals surface area contributed by atoms with E-state index in [1.807, 2.05) is 6.92 Å². The Labute approximate surface area is 145 Å². The van der Waals surface area contributed by atoms with Crippen LogP contribution in [0.1, 0.15) is 60.3 Å². The molecule has 2 aliphatic carbocycles. The molecule has 2 fully saturated rings. The molecule has 0 heterocycles. The molecule has 0 aliphatic heterocycles. The molecule has 24 heavy (non-hydrogen) atoms. The molecular formula is C19H32O5. The molecule has 2 aliphatic rings. The topological polar surface area (TPSA) is 72.8 Å². The molecule has 138 valence electrons. The fraction of sp³-hybridized carbons (Fsp3) is 0.895. The van der Waals surface area contributed by atoms with Gasteiger partial charge < -0.3 is 14.6 Å². The van der Waals surface area contributed by atoms with Crippen LogP contribution in [0.4, 0.5) is 0 Å². The van der Waals surface area contributed by atoms with E-state index in [4.69, 9.17) is 9.47 Å². The zero-order valence-corrected chi connectivity index (χ0v) is 15.5. The summed E-state index contributed by atoms with van der Waals surface area (Å²) in [5, 5.41) is 10.3. The van der Waals surface area contributed by atoms with Crippen LogP contribution in [0.15, 0.2) is 0 Å². The minimum absolute atomic E-state index is 0.0365. The number of carbonyl (C=O) groups excluding carboxylic acids is 2. The Morgan fingerprint density at radius 2 is 1.25 bits per heavy atom. The average Bonchev–Trinajstić information content (AvgIpc) is 2.47. The van der Waals surface area contributed by atoms with Crippen LogP contribution in [-0.4, -0.2) is 35.4 Å². The van der Waals surface area contributed by atoms with Gasteiger partial charge in [0.15, 0.2) is 0 Å². The lowest BCUT2D eigenvalue weighted by atomic mass is 9.64. The first kappa shape index (κ1) is 19.2. The average molecular weight is 340 g/mol. The van der Waals surface area contributed by atoms with E-state index in [0.717, 1.165) is 19.3 Å². The summed E-state index contributed by atoms with van der Waals surface area (Å²) in [4.78, 5) is 22.7. The lowest BCUT2D eigenvalue weighted by Gasteiger charge is -2.45. The van der Waals surface area contributed by atoms with E-state index in [1.165, 1.54) is 13.8 Å². The quantitative estimate of drug-likeness (QED) is 0.800. The third kappa shape index (κ3) is 4.50. The molecule has 5 heteroatoms. The lowest BCUT2D eigenvalue weighted by Crippen LogP contribution is -2.46. The molecule has 2 rings (SSSR count). The Balaban J connectivity index is 2.08. The molecule has 0 aromatic heterocycles. The molecule has 0 amide bonds. The number of aliphatic hydroxyl groups is 1. The molecule has 0 aromatic carbocycles. The first-order valence-electron chi connectivity index (χ1n) is 9.21. The maximum Gasteiger partial charge on any atom is 0.302 e. The maximum absolute atomic E-state index is 11.4. The van der Waals surface area contributed by atoms with Gasteiger partial charge in [0.1, 0.15) is 12.2 Å². The van der Waals surface area contributed by atoms with E-state index in [2.05, 4.69) is 13.8 Å². The maximum atomic E-state index is 11.4. The highest BCUT2D eigenvalue weighted by Crippen LogP contribution is 2.45. The van der Waals surface area contributed by atoms with Gasteiger partial charge in [-0.3, -0.25) is 9.59 Å². The van der Waals surface area contributed by atoms with E-state index >= 15 is 0 Å². The molecular weight excluding hydrogens is 308 g/mol. The number of carbonyl (C=O) groups is 2. The summed E-state index contributed by atoms with van der Waals surface area (Å²) < 4.78 is 10.9. The molecule has 0 bridgehead atoms. The standard InChI is InChI=1S/C19H32O5/c1-10-6-15(8-17(12(10)3)23-13(4)20)16-7-11(2)19(22)18(9-16)24-14(5)21/h10-12,15-19,22H,6-9H2,1-5H3. The summed E-state index contributed by atoms with van der Waals surface area (Å²) in [5.74, 6) is 1.23. The van der Waals surface area contributed by atoms with E-state index in [9.17, 15) is 14.7 Å². The molecule has 1 N–H and O–H groups in total. The minimum Gasteiger partial charge on any atom is -0.462 e. The fourth-order valence-electron chi connectivity index (χ4n) is 4.65. The molecule has 8 atom stereocenters. The second-order valence-electron chi connectivity index (χ2n) is 8.06. The van der Waals surface area contributed by atoms with Crippen molar-refractivity contribution in [1.82, 2.24) is 0 Å². The zero-order valence-electron chi connectivity index (χ0n) is 15.5. The van der Waals surface area contributed by atoms with Crippen molar-refractivity contribution >= 4 is 11.9 Å². The van der Waals surface area contributed by atoms with Gasteiger partial charge in [-0.05, 0) is 55.3 Å². The monoisotopic (exact) mass is 340 g/mol. The van der Waals surface area contributed by atoms with Crippen molar-refractivity contribution in [3.8, 4) is 0 Å². The van der Waals surface area contributed by atoms with Crippen molar-refractivity contribution in [3.63, 3.8) is 0 Å². The highest BCUT2D eigenvalue weighted by Gasteiger charge is 2.43. The van der Waals surface area contributed by atoms with Gasteiger partial charge in [-0.25, -0.2) is 0 Å². The lowest BCUT2D eigenvalue weighted by molar-refractivity contribution is -0.164. The molecule has 8 unspecified atom stereocenters. The normalized spacial score (nSPS) is 43.1. The zero-order chi connectivity index (χ0) is 18.0. The number of ether oxygens (including phenoxy) is 2. The van der Waals surface area contributed by atoms with Gasteiger partial charge in [-0.1, -0.05) is 20.8 Å². The van der Waals surface area contributed by atoms with Gasteiger partial charge in [0, 0.05) is 13.8 Å². The number of esters is 2. The van der Waals surface area contributed by atoms with Crippen LogP contribution in [0.5, 0.6) is 0 Å². The number of rotatable bonds is 3. The van der Waals surface area contributed by atoms with E-state index in [0.29, 0.717) is 30.1 Å². The summed E-state index contributed by atoms with van der Waals surface area (Å²) in [6.07, 6.45) is 2.55. The Hall–Kier alpha value is -1.10. The van der Waals surface area contributed by atoms with Crippen LogP contribution in [0.25, 0.3) is 0 Å². The summed E-state index contributed by atoms with van der Waals surface area (Å²) >= 11 is 0. The van der Waals surface area contributed by atoms with E-state index < -0.39 is 12.2 Å². The molecule has 5 nitrogen and oxygen atoms in total. The van der Waals surface area contributed by atoms with Crippen molar-refractivity contribution < 1.29 is 24.2 Å². The molecule has 2 saturated carbocycles. The van der Waals surface area contributed by atoms with Crippen molar-refractivity contribution in [2.75, 3.05) is 0 Å². The highest BCUT2D eigenvalue weighted by atomic mass is 16.6. The second kappa shape index (κ2) is 7.85. The Kier molecular flexibility index (Phi) is 6.29. The van der Waals surface area contributed by atoms with E-state index in [-0.39, 0.29) is 24.0 Å². The van der Waals surface area contributed by atoms with Gasteiger partial charge in [-0.15, -0.1) is 0 Å². The number of hydrogen-bond donors (Lipinski definition) is 1. The van der Waals surface area contributed by atoms with Crippen LogP contribution in [0.2, 0.25) is 0 Å². The Morgan fingerprint density at radius 3 is 1.79 bits per heavy atom. The molecule has 0 saturated heterocycles. The first-order chi connectivity index (χ1) is 11.2. The smallest absolute Gasteiger partial charge is 0.302 e. The van der Waals surface area contributed by atoms with Crippen LogP contribution in [0, 0.1) is 29.6 Å². The van der Waals surface area contributed by atoms with Crippen LogP contribution in [-0.2, 0) is 19.1 Å². The molecule has 0 aromatic rings. The first-order valence-corrected chi connectivity index (χ1v) is 9.21. The summed E-state index contributed by atoms with van der Waals surface area (Å²) in [6, 6.07) is 0. The van der Waals surface area contributed by atoms with Crippen LogP contribution < -0.4 is 0 Å². The molecule has 0 radical (unpaired) electrons. The number of hydrogen-bond acceptors (Lipinski definition) is 5. The van der Waals surface area contributed by atoms with Crippen molar-refractivity contribution in [1.29, 1.82) is 0 Å². The van der Waals surface area contributed by atoms with Crippen LogP contribution in [0.3, 0.4) is 0 Å².